The summed E-state index contributed by atoms with van der Waals surface area (Å²) in [6.45, 7) is 4.04. The second-order valence-electron chi connectivity index (χ2n) is 7.65. The van der Waals surface area contributed by atoms with Gasteiger partial charge in [-0.15, -0.1) is 0 Å². The van der Waals surface area contributed by atoms with Gasteiger partial charge in [-0.25, -0.2) is 4.79 Å². The molecule has 1 aromatic heterocycles. The monoisotopic (exact) mass is 430 g/mol. The fourth-order valence-electron chi connectivity index (χ4n) is 3.79. The molecule has 0 atom stereocenters. The Morgan fingerprint density at radius 3 is 2.53 bits per heavy atom. The van der Waals surface area contributed by atoms with Crippen molar-refractivity contribution in [3.05, 3.63) is 66.2 Å². The number of hydrogen-bond donors (Lipinski definition) is 0. The minimum Gasteiger partial charge on any atom is -0.482 e. The highest BCUT2D eigenvalue weighted by atomic mass is 16.6. The lowest BCUT2D eigenvalue weighted by Gasteiger charge is -2.08. The molecule has 164 valence electrons. The van der Waals surface area contributed by atoms with Gasteiger partial charge >= 0.3 is 5.97 Å². The van der Waals surface area contributed by atoms with E-state index in [1.54, 1.807) is 6.92 Å². The van der Waals surface area contributed by atoms with Crippen molar-refractivity contribution in [3.8, 4) is 17.1 Å². The van der Waals surface area contributed by atoms with Crippen LogP contribution in [0.5, 0.6) is 5.75 Å². The van der Waals surface area contributed by atoms with Crippen LogP contribution in [0.15, 0.2) is 65.1 Å². The van der Waals surface area contributed by atoms with E-state index in [1.165, 1.54) is 0 Å². The van der Waals surface area contributed by atoms with Crippen LogP contribution in [0.2, 0.25) is 0 Å². The zero-order valence-corrected chi connectivity index (χ0v) is 18.4. The number of carbonyl (C=O) groups is 2. The van der Waals surface area contributed by atoms with E-state index in [2.05, 4.69) is 6.92 Å². The second kappa shape index (κ2) is 9.69. The molecule has 3 aromatic carbocycles. The standard InChI is InChI=1S/C27H26O5/c1-3-5-9-23(28)26-22-8-6-7-10-24(22)32-27(26)20-12-11-19-16-21(14-13-18(19)15-20)31-17-25(29)30-4-2/h6-8,10-16H,3-5,9,17H2,1-2H3. The van der Waals surface area contributed by atoms with Crippen molar-refractivity contribution in [2.24, 2.45) is 0 Å². The average molecular weight is 431 g/mol. The van der Waals surface area contributed by atoms with Gasteiger partial charge in [0, 0.05) is 17.4 Å². The molecule has 32 heavy (non-hydrogen) atoms. The molecule has 0 saturated carbocycles. The summed E-state index contributed by atoms with van der Waals surface area (Å²) in [4.78, 5) is 24.6. The molecule has 0 saturated heterocycles. The van der Waals surface area contributed by atoms with Gasteiger partial charge in [-0.1, -0.05) is 49.7 Å². The fourth-order valence-corrected chi connectivity index (χ4v) is 3.79. The van der Waals surface area contributed by atoms with Gasteiger partial charge in [0.05, 0.1) is 12.2 Å². The lowest BCUT2D eigenvalue weighted by molar-refractivity contribution is -0.145. The quantitative estimate of drug-likeness (QED) is 0.222. The van der Waals surface area contributed by atoms with E-state index in [0.29, 0.717) is 35.7 Å². The van der Waals surface area contributed by atoms with Crippen LogP contribution in [0.1, 0.15) is 43.5 Å². The number of benzene rings is 3. The lowest BCUT2D eigenvalue weighted by Crippen LogP contribution is -2.14. The zero-order valence-electron chi connectivity index (χ0n) is 18.4. The van der Waals surface area contributed by atoms with Crippen molar-refractivity contribution in [3.63, 3.8) is 0 Å². The van der Waals surface area contributed by atoms with Crippen molar-refractivity contribution in [1.29, 1.82) is 0 Å². The van der Waals surface area contributed by atoms with Crippen LogP contribution in [-0.4, -0.2) is 25.0 Å². The highest BCUT2D eigenvalue weighted by Crippen LogP contribution is 2.36. The van der Waals surface area contributed by atoms with Gasteiger partial charge in [-0.05, 0) is 48.4 Å². The molecule has 5 nitrogen and oxygen atoms in total. The summed E-state index contributed by atoms with van der Waals surface area (Å²) < 4.78 is 16.6. The summed E-state index contributed by atoms with van der Waals surface area (Å²) in [6, 6.07) is 19.2. The van der Waals surface area contributed by atoms with Crippen LogP contribution in [-0.2, 0) is 9.53 Å². The molecule has 0 spiro atoms. The SMILES string of the molecule is CCCCC(=O)c1c(-c2ccc3cc(OCC(=O)OCC)ccc3c2)oc2ccccc12. The van der Waals surface area contributed by atoms with Crippen LogP contribution in [0.3, 0.4) is 0 Å². The highest BCUT2D eigenvalue weighted by molar-refractivity contribution is 6.12. The predicted octanol–water partition coefficient (Wildman–Crippen LogP) is 6.57. The Labute approximate surface area is 186 Å². The largest absolute Gasteiger partial charge is 0.482 e. The first-order valence-corrected chi connectivity index (χ1v) is 11.0. The van der Waals surface area contributed by atoms with Crippen molar-refractivity contribution >= 4 is 33.5 Å². The molecule has 5 heteroatoms. The minimum absolute atomic E-state index is 0.106. The van der Waals surface area contributed by atoms with Gasteiger partial charge in [0.15, 0.2) is 12.4 Å². The molecule has 0 aliphatic heterocycles. The zero-order chi connectivity index (χ0) is 22.5. The van der Waals surface area contributed by atoms with E-state index >= 15 is 0 Å². The first kappa shape index (κ1) is 21.6. The van der Waals surface area contributed by atoms with Gasteiger partial charge in [0.1, 0.15) is 17.1 Å². The molecule has 0 radical (unpaired) electrons. The maximum atomic E-state index is 13.0. The van der Waals surface area contributed by atoms with Gasteiger partial charge < -0.3 is 13.9 Å². The molecule has 0 N–H and O–H groups in total. The summed E-state index contributed by atoms with van der Waals surface area (Å²) in [5, 5.41) is 2.80. The molecule has 0 unspecified atom stereocenters. The van der Waals surface area contributed by atoms with Crippen LogP contribution in [0.4, 0.5) is 0 Å². The molecule has 0 bridgehead atoms. The lowest BCUT2D eigenvalue weighted by atomic mass is 9.97. The van der Waals surface area contributed by atoms with Crippen molar-refractivity contribution < 1.29 is 23.5 Å². The molecule has 0 amide bonds. The van der Waals surface area contributed by atoms with Gasteiger partial charge in [-0.2, -0.15) is 0 Å². The molecular formula is C27H26O5. The number of unbranched alkanes of at least 4 members (excludes halogenated alkanes) is 1. The van der Waals surface area contributed by atoms with Crippen LogP contribution in [0, 0.1) is 0 Å². The number of Topliss-reactive ketones (excluding diaryl/α,β-unsaturated/α-hetero) is 1. The first-order valence-electron chi connectivity index (χ1n) is 11.0. The molecule has 0 aliphatic rings. The van der Waals surface area contributed by atoms with E-state index in [9.17, 15) is 9.59 Å². The fraction of sp³-hybridized carbons (Fsp3) is 0.259. The van der Waals surface area contributed by atoms with Gasteiger partial charge in [0.25, 0.3) is 0 Å². The number of ether oxygens (including phenoxy) is 2. The summed E-state index contributed by atoms with van der Waals surface area (Å²) in [6.07, 6.45) is 2.32. The summed E-state index contributed by atoms with van der Waals surface area (Å²) >= 11 is 0. The molecule has 4 aromatic rings. The summed E-state index contributed by atoms with van der Waals surface area (Å²) in [5.41, 5.74) is 2.22. The van der Waals surface area contributed by atoms with Crippen LogP contribution >= 0.6 is 0 Å². The third-order valence-electron chi connectivity index (χ3n) is 5.37. The predicted molar refractivity (Wildman–Crippen MR) is 125 cm³/mol. The highest BCUT2D eigenvalue weighted by Gasteiger charge is 2.21. The Morgan fingerprint density at radius 1 is 0.938 bits per heavy atom. The van der Waals surface area contributed by atoms with Crippen LogP contribution in [0.25, 0.3) is 33.1 Å². The molecule has 1 heterocycles. The Kier molecular flexibility index (Phi) is 6.55. The molecular weight excluding hydrogens is 404 g/mol. The first-order chi connectivity index (χ1) is 15.6. The smallest absolute Gasteiger partial charge is 0.344 e. The third kappa shape index (κ3) is 4.52. The second-order valence-corrected chi connectivity index (χ2v) is 7.65. The van der Waals surface area contributed by atoms with E-state index in [1.807, 2.05) is 60.7 Å². The number of carbonyl (C=O) groups excluding carboxylic acids is 2. The van der Waals surface area contributed by atoms with Gasteiger partial charge in [-0.3, -0.25) is 4.79 Å². The summed E-state index contributed by atoms with van der Waals surface area (Å²) in [7, 11) is 0. The van der Waals surface area contributed by atoms with E-state index < -0.39 is 5.97 Å². The Bertz CT molecular complexity index is 1270. The van der Waals surface area contributed by atoms with Crippen molar-refractivity contribution in [2.75, 3.05) is 13.2 Å². The maximum Gasteiger partial charge on any atom is 0.344 e. The number of fused-ring (bicyclic) bond motifs is 2. The van der Waals surface area contributed by atoms with E-state index in [-0.39, 0.29) is 12.4 Å². The van der Waals surface area contributed by atoms with E-state index in [4.69, 9.17) is 13.9 Å². The number of hydrogen-bond acceptors (Lipinski definition) is 5. The third-order valence-corrected chi connectivity index (χ3v) is 5.37. The number of esters is 1. The molecule has 4 rings (SSSR count). The maximum absolute atomic E-state index is 13.0. The number of furan rings is 1. The van der Waals surface area contributed by atoms with Gasteiger partial charge in [0.2, 0.25) is 0 Å². The normalized spacial score (nSPS) is 11.1. The Morgan fingerprint density at radius 2 is 1.72 bits per heavy atom. The Hall–Kier alpha value is -3.60. The Balaban J connectivity index is 1.68. The number of rotatable bonds is 9. The molecule has 0 aliphatic carbocycles. The topological polar surface area (TPSA) is 65.7 Å². The summed E-state index contributed by atoms with van der Waals surface area (Å²) in [5.74, 6) is 0.914. The number of para-hydroxylation sites is 1. The number of ketones is 1. The van der Waals surface area contributed by atoms with Crippen LogP contribution < -0.4 is 4.74 Å². The van der Waals surface area contributed by atoms with Crippen molar-refractivity contribution in [1.82, 2.24) is 0 Å². The molecule has 0 fully saturated rings. The average Bonchev–Trinajstić information content (AvgIpc) is 3.20. The van der Waals surface area contributed by atoms with E-state index in [0.717, 1.165) is 34.6 Å². The minimum atomic E-state index is -0.395. The van der Waals surface area contributed by atoms with Crippen molar-refractivity contribution in [2.45, 2.75) is 33.1 Å².